The van der Waals surface area contributed by atoms with Crippen molar-refractivity contribution in [2.75, 3.05) is 0 Å². The lowest BCUT2D eigenvalue weighted by molar-refractivity contribution is 0.476. The smallest absolute Gasteiger partial charge is 0.258 e. The minimum absolute atomic E-state index is 0.0907. The van der Waals surface area contributed by atoms with Crippen molar-refractivity contribution in [2.45, 2.75) is 13.1 Å². The summed E-state index contributed by atoms with van der Waals surface area (Å²) in [5.41, 5.74) is 0.878. The number of fused-ring (bicyclic) bond motifs is 1. The molecule has 0 aliphatic heterocycles. The van der Waals surface area contributed by atoms with Gasteiger partial charge in [0.1, 0.15) is 0 Å². The molecule has 3 aromatic rings. The first-order valence-electron chi connectivity index (χ1n) is 6.89. The van der Waals surface area contributed by atoms with Crippen LogP contribution in [0, 0.1) is 11.6 Å². The van der Waals surface area contributed by atoms with Crippen LogP contribution in [0.5, 0.6) is 5.75 Å². The van der Waals surface area contributed by atoms with Crippen molar-refractivity contribution in [2.24, 2.45) is 0 Å². The highest BCUT2D eigenvalue weighted by molar-refractivity contribution is 5.52. The van der Waals surface area contributed by atoms with Crippen LogP contribution < -0.4 is 10.9 Å². The van der Waals surface area contributed by atoms with Crippen molar-refractivity contribution in [1.82, 2.24) is 14.7 Å². The molecule has 0 saturated heterocycles. The molecule has 2 N–H and O–H groups in total. The molecule has 0 spiro atoms. The summed E-state index contributed by atoms with van der Waals surface area (Å²) < 4.78 is 27.2. The Morgan fingerprint density at radius 3 is 2.74 bits per heavy atom. The minimum atomic E-state index is -0.906. The van der Waals surface area contributed by atoms with Crippen LogP contribution in [-0.4, -0.2) is 14.5 Å². The second kappa shape index (κ2) is 6.13. The quantitative estimate of drug-likeness (QED) is 0.772. The Kier molecular flexibility index (Phi) is 4.03. The molecule has 0 unspecified atom stereocenters. The number of nitrogens with zero attached hydrogens (tertiary/aromatic N) is 2. The maximum Gasteiger partial charge on any atom is 0.258 e. The highest BCUT2D eigenvalue weighted by Gasteiger charge is 2.06. The molecule has 0 saturated carbocycles. The predicted molar refractivity (Wildman–Crippen MR) is 80.0 cm³/mol. The molecule has 0 bridgehead atoms. The third-order valence-electron chi connectivity index (χ3n) is 3.34. The third kappa shape index (κ3) is 3.19. The number of hydrogen-bond acceptors (Lipinski definition) is 4. The molecule has 1 aromatic carbocycles. The average Bonchev–Trinajstić information content (AvgIpc) is 2.52. The van der Waals surface area contributed by atoms with Gasteiger partial charge in [-0.2, -0.15) is 0 Å². The van der Waals surface area contributed by atoms with E-state index in [9.17, 15) is 18.7 Å². The number of aromatic nitrogens is 2. The fraction of sp³-hybridized carbons (Fsp3) is 0.125. The van der Waals surface area contributed by atoms with E-state index in [-0.39, 0.29) is 23.5 Å². The van der Waals surface area contributed by atoms with Crippen molar-refractivity contribution in [3.63, 3.8) is 0 Å². The van der Waals surface area contributed by atoms with Crippen LogP contribution in [0.25, 0.3) is 5.65 Å². The molecule has 0 fully saturated rings. The van der Waals surface area contributed by atoms with Crippen LogP contribution in [0.4, 0.5) is 8.78 Å². The Balaban J connectivity index is 1.75. The molecule has 5 nitrogen and oxygen atoms in total. The van der Waals surface area contributed by atoms with Gasteiger partial charge in [0.05, 0.1) is 5.69 Å². The third-order valence-corrected chi connectivity index (χ3v) is 3.34. The summed E-state index contributed by atoms with van der Waals surface area (Å²) in [6, 6.07) is 7.99. The lowest BCUT2D eigenvalue weighted by Gasteiger charge is -2.07. The summed E-state index contributed by atoms with van der Waals surface area (Å²) in [4.78, 5) is 16.2. The number of rotatable bonds is 4. The van der Waals surface area contributed by atoms with Gasteiger partial charge in [-0.25, -0.2) is 13.8 Å². The number of nitrogens with one attached hydrogen (secondary N) is 1. The number of benzene rings is 1. The first-order valence-corrected chi connectivity index (χ1v) is 6.89. The summed E-state index contributed by atoms with van der Waals surface area (Å²) in [6.07, 6.45) is 1.52. The van der Waals surface area contributed by atoms with E-state index in [1.165, 1.54) is 28.8 Å². The van der Waals surface area contributed by atoms with Gasteiger partial charge in [-0.1, -0.05) is 6.07 Å². The topological polar surface area (TPSA) is 66.6 Å². The van der Waals surface area contributed by atoms with Gasteiger partial charge in [0.15, 0.2) is 23.0 Å². The molecule has 2 heterocycles. The summed E-state index contributed by atoms with van der Waals surface area (Å²) in [6.45, 7) is 0.540. The van der Waals surface area contributed by atoms with Gasteiger partial charge < -0.3 is 10.4 Å². The van der Waals surface area contributed by atoms with Gasteiger partial charge >= 0.3 is 0 Å². The summed E-state index contributed by atoms with van der Waals surface area (Å²) in [5.74, 6) is -1.89. The molecule has 23 heavy (non-hydrogen) atoms. The first-order chi connectivity index (χ1) is 11.0. The van der Waals surface area contributed by atoms with Gasteiger partial charge in [-0.05, 0) is 29.8 Å². The van der Waals surface area contributed by atoms with Crippen LogP contribution in [-0.2, 0) is 13.1 Å². The Hall–Kier alpha value is -2.80. The second-order valence-electron chi connectivity index (χ2n) is 5.02. The highest BCUT2D eigenvalue weighted by Crippen LogP contribution is 2.13. The van der Waals surface area contributed by atoms with Crippen molar-refractivity contribution in [1.29, 1.82) is 0 Å². The van der Waals surface area contributed by atoms with Gasteiger partial charge in [-0.3, -0.25) is 9.20 Å². The van der Waals surface area contributed by atoms with E-state index >= 15 is 0 Å². The van der Waals surface area contributed by atoms with Crippen LogP contribution in [0.2, 0.25) is 0 Å². The van der Waals surface area contributed by atoms with E-state index in [1.807, 2.05) is 0 Å². The molecule has 7 heteroatoms. The van der Waals surface area contributed by atoms with E-state index in [4.69, 9.17) is 0 Å². The van der Waals surface area contributed by atoms with Gasteiger partial charge in [-0.15, -0.1) is 0 Å². The molecule has 0 atom stereocenters. The molecule has 0 aliphatic carbocycles. The molecule has 0 radical (unpaired) electrons. The normalized spacial score (nSPS) is 11.0. The first kappa shape index (κ1) is 15.1. The van der Waals surface area contributed by atoms with Crippen LogP contribution in [0.15, 0.2) is 47.4 Å². The van der Waals surface area contributed by atoms with E-state index in [2.05, 4.69) is 10.3 Å². The van der Waals surface area contributed by atoms with Crippen LogP contribution >= 0.6 is 0 Å². The number of aromatic hydroxyl groups is 1. The van der Waals surface area contributed by atoms with Crippen LogP contribution in [0.3, 0.4) is 0 Å². The fourth-order valence-corrected chi connectivity index (χ4v) is 2.23. The zero-order valence-electron chi connectivity index (χ0n) is 12.0. The lowest BCUT2D eigenvalue weighted by Crippen LogP contribution is -2.19. The highest BCUT2D eigenvalue weighted by atomic mass is 19.2. The zero-order chi connectivity index (χ0) is 16.4. The number of hydrogen-bond donors (Lipinski definition) is 2. The summed E-state index contributed by atoms with van der Waals surface area (Å²) >= 11 is 0. The molecule has 3 rings (SSSR count). The minimum Gasteiger partial charge on any atom is -0.504 e. The van der Waals surface area contributed by atoms with Crippen LogP contribution in [0.1, 0.15) is 11.3 Å². The van der Waals surface area contributed by atoms with Crippen molar-refractivity contribution in [3.8, 4) is 5.75 Å². The Morgan fingerprint density at radius 2 is 1.96 bits per heavy atom. The van der Waals surface area contributed by atoms with Crippen molar-refractivity contribution in [3.05, 3.63) is 75.8 Å². The SMILES string of the molecule is O=c1cc(CNCc2ccc(F)c(F)c2)nc2c(O)cccn12. The monoisotopic (exact) mass is 317 g/mol. The van der Waals surface area contributed by atoms with E-state index in [0.717, 1.165) is 12.1 Å². The summed E-state index contributed by atoms with van der Waals surface area (Å²) in [5, 5.41) is 12.8. The average molecular weight is 317 g/mol. The maximum atomic E-state index is 13.1. The van der Waals surface area contributed by atoms with Crippen molar-refractivity contribution >= 4 is 5.65 Å². The Labute approximate surface area is 129 Å². The van der Waals surface area contributed by atoms with Gasteiger partial charge in [0.25, 0.3) is 5.56 Å². The van der Waals surface area contributed by atoms with E-state index in [0.29, 0.717) is 17.8 Å². The van der Waals surface area contributed by atoms with E-state index < -0.39 is 11.6 Å². The number of halogens is 2. The van der Waals surface area contributed by atoms with Gasteiger partial charge in [0, 0.05) is 25.4 Å². The predicted octanol–water partition coefficient (Wildman–Crippen LogP) is 1.97. The molecule has 2 aromatic heterocycles. The molecular weight excluding hydrogens is 304 g/mol. The zero-order valence-corrected chi connectivity index (χ0v) is 12.0. The van der Waals surface area contributed by atoms with E-state index in [1.54, 1.807) is 6.07 Å². The standard InChI is InChI=1S/C16H13F2N3O2/c17-12-4-3-10(6-13(12)18)8-19-9-11-7-15(23)21-5-1-2-14(22)16(21)20-11/h1-7,19,22H,8-9H2. The second-order valence-corrected chi connectivity index (χ2v) is 5.02. The number of pyridine rings is 1. The van der Waals surface area contributed by atoms with Crippen molar-refractivity contribution < 1.29 is 13.9 Å². The summed E-state index contributed by atoms with van der Waals surface area (Å²) in [7, 11) is 0. The Morgan fingerprint density at radius 1 is 1.13 bits per heavy atom. The largest absolute Gasteiger partial charge is 0.504 e. The molecule has 0 aliphatic rings. The lowest BCUT2D eigenvalue weighted by atomic mass is 10.2. The molecular formula is C16H13F2N3O2. The maximum absolute atomic E-state index is 13.1. The molecule has 0 amide bonds. The Bertz CT molecular complexity index is 925. The fourth-order valence-electron chi connectivity index (χ4n) is 2.23. The molecule has 118 valence electrons. The van der Waals surface area contributed by atoms with Gasteiger partial charge in [0.2, 0.25) is 0 Å².